The van der Waals surface area contributed by atoms with Crippen LogP contribution in [0.4, 0.5) is 0 Å². The number of hydrogen-bond acceptors (Lipinski definition) is 9. The van der Waals surface area contributed by atoms with Gasteiger partial charge in [-0.25, -0.2) is 0 Å². The summed E-state index contributed by atoms with van der Waals surface area (Å²) in [7, 11) is 1.62. The SMILES string of the molecule is COc1cc2c(Oc3ccc(CC(=O)Cc4cc(C)on4)c(Cl)c3)ccnc2cc1OCCCN1CCC2(COC2)C1. The fourth-order valence-corrected chi connectivity index (χ4v) is 5.88. The Morgan fingerprint density at radius 2 is 1.98 bits per heavy atom. The fraction of sp³-hybridized carbons (Fsp3) is 0.406. The molecule has 1 spiro atoms. The highest BCUT2D eigenvalue weighted by Crippen LogP contribution is 2.39. The molecule has 2 aromatic carbocycles. The van der Waals surface area contributed by atoms with Crippen molar-refractivity contribution in [1.29, 1.82) is 0 Å². The molecule has 0 unspecified atom stereocenters. The van der Waals surface area contributed by atoms with Crippen LogP contribution < -0.4 is 14.2 Å². The molecule has 2 aliphatic rings. The molecule has 0 amide bonds. The first-order valence-corrected chi connectivity index (χ1v) is 14.6. The Kier molecular flexibility index (Phi) is 8.33. The van der Waals surface area contributed by atoms with E-state index in [-0.39, 0.29) is 18.6 Å². The zero-order valence-corrected chi connectivity index (χ0v) is 24.6. The van der Waals surface area contributed by atoms with E-state index in [0.717, 1.165) is 55.7 Å². The Balaban J connectivity index is 1.09. The lowest BCUT2D eigenvalue weighted by molar-refractivity contribution is -0.117. The molecule has 2 saturated heterocycles. The highest BCUT2D eigenvalue weighted by atomic mass is 35.5. The predicted molar refractivity (Wildman–Crippen MR) is 158 cm³/mol. The minimum Gasteiger partial charge on any atom is -0.493 e. The molecule has 0 aliphatic carbocycles. The number of carbonyl (C=O) groups is 1. The number of pyridine rings is 1. The molecule has 4 aromatic rings. The minimum absolute atomic E-state index is 0.00248. The van der Waals surface area contributed by atoms with Crippen LogP contribution in [0.3, 0.4) is 0 Å². The highest BCUT2D eigenvalue weighted by Gasteiger charge is 2.43. The van der Waals surface area contributed by atoms with E-state index in [2.05, 4.69) is 15.0 Å². The molecular weight excluding hydrogens is 558 g/mol. The van der Waals surface area contributed by atoms with Crippen LogP contribution >= 0.6 is 11.6 Å². The van der Waals surface area contributed by atoms with Crippen LogP contribution in [-0.4, -0.2) is 67.4 Å². The molecule has 4 heterocycles. The third-order valence-electron chi connectivity index (χ3n) is 7.89. The topological polar surface area (TPSA) is 96.2 Å². The lowest BCUT2D eigenvalue weighted by Crippen LogP contribution is -2.44. The summed E-state index contributed by atoms with van der Waals surface area (Å²) >= 11 is 6.54. The zero-order valence-electron chi connectivity index (χ0n) is 23.9. The quantitative estimate of drug-likeness (QED) is 0.188. The van der Waals surface area contributed by atoms with Gasteiger partial charge in [-0.1, -0.05) is 22.8 Å². The van der Waals surface area contributed by atoms with E-state index in [1.165, 1.54) is 6.42 Å². The number of Topliss-reactive ketones (excluding diaryl/α,β-unsaturated/α-hetero) is 1. The van der Waals surface area contributed by atoms with Gasteiger partial charge in [-0.2, -0.15) is 0 Å². The highest BCUT2D eigenvalue weighted by molar-refractivity contribution is 6.31. The number of halogens is 1. The van der Waals surface area contributed by atoms with Crippen LogP contribution in [0.25, 0.3) is 10.9 Å². The van der Waals surface area contributed by atoms with Crippen LogP contribution in [0.1, 0.15) is 29.9 Å². The van der Waals surface area contributed by atoms with Gasteiger partial charge in [0.2, 0.25) is 0 Å². The van der Waals surface area contributed by atoms with Crippen molar-refractivity contribution in [2.24, 2.45) is 5.41 Å². The molecule has 2 aliphatic heterocycles. The van der Waals surface area contributed by atoms with E-state index in [0.29, 0.717) is 51.5 Å². The number of aryl methyl sites for hydroxylation is 1. The zero-order chi connectivity index (χ0) is 29.1. The Hall–Kier alpha value is -3.66. The molecule has 0 bridgehead atoms. The van der Waals surface area contributed by atoms with Crippen LogP contribution in [0.5, 0.6) is 23.0 Å². The predicted octanol–water partition coefficient (Wildman–Crippen LogP) is 5.83. The monoisotopic (exact) mass is 591 g/mol. The molecule has 42 heavy (non-hydrogen) atoms. The number of nitrogens with zero attached hydrogens (tertiary/aromatic N) is 3. The van der Waals surface area contributed by atoms with Crippen molar-refractivity contribution in [3.8, 4) is 23.0 Å². The number of methoxy groups -OCH3 is 1. The average molecular weight is 592 g/mol. The Morgan fingerprint density at radius 1 is 1.10 bits per heavy atom. The van der Waals surface area contributed by atoms with Crippen LogP contribution in [0.2, 0.25) is 5.02 Å². The summed E-state index contributed by atoms with van der Waals surface area (Å²) in [6.07, 6.45) is 4.23. The maximum Gasteiger partial charge on any atom is 0.163 e. The van der Waals surface area contributed by atoms with Crippen molar-refractivity contribution in [3.63, 3.8) is 0 Å². The van der Waals surface area contributed by atoms with E-state index in [1.807, 2.05) is 18.2 Å². The van der Waals surface area contributed by atoms with Crippen molar-refractivity contribution < 1.29 is 28.3 Å². The average Bonchev–Trinajstić information content (AvgIpc) is 3.58. The van der Waals surface area contributed by atoms with Crippen molar-refractivity contribution in [3.05, 3.63) is 70.7 Å². The molecule has 9 nitrogen and oxygen atoms in total. The summed E-state index contributed by atoms with van der Waals surface area (Å²) in [5.74, 6) is 3.09. The van der Waals surface area contributed by atoms with Gasteiger partial charge in [0.15, 0.2) is 11.5 Å². The van der Waals surface area contributed by atoms with E-state index >= 15 is 0 Å². The number of aromatic nitrogens is 2. The summed E-state index contributed by atoms with van der Waals surface area (Å²) < 4.78 is 28.5. The molecular formula is C32H34ClN3O6. The van der Waals surface area contributed by atoms with Crippen LogP contribution in [0.15, 0.2) is 53.2 Å². The summed E-state index contributed by atoms with van der Waals surface area (Å²) in [6.45, 7) is 7.44. The molecule has 0 radical (unpaired) electrons. The second-order valence-electron chi connectivity index (χ2n) is 11.2. The van der Waals surface area contributed by atoms with Crippen molar-refractivity contribution >= 4 is 28.3 Å². The minimum atomic E-state index is -0.00248. The summed E-state index contributed by atoms with van der Waals surface area (Å²) in [5.41, 5.74) is 2.46. The molecule has 6 rings (SSSR count). The number of hydrogen-bond donors (Lipinski definition) is 0. The number of benzene rings is 2. The van der Waals surface area contributed by atoms with Gasteiger partial charge in [0.05, 0.1) is 44.6 Å². The van der Waals surface area contributed by atoms with Gasteiger partial charge in [-0.15, -0.1) is 0 Å². The van der Waals surface area contributed by atoms with Crippen molar-refractivity contribution in [2.45, 2.75) is 32.6 Å². The normalized spacial score (nSPS) is 16.1. The summed E-state index contributed by atoms with van der Waals surface area (Å²) in [5, 5.41) is 5.12. The Labute approximate surface area is 249 Å². The fourth-order valence-electron chi connectivity index (χ4n) is 5.65. The standard InChI is InChI=1S/C32H34ClN3O6/c1-21-12-23(35-42-21)14-24(37)13-22-4-5-25(15-27(22)33)41-29-6-8-34-28-17-31(30(38-2)16-26(28)29)40-11-3-9-36-10-7-32(18-36)19-39-20-32/h4-6,8,12,15-17H,3,7,9-11,13-14,18-20H2,1-2H3. The van der Waals surface area contributed by atoms with Crippen LogP contribution in [-0.2, 0) is 22.4 Å². The lowest BCUT2D eigenvalue weighted by atomic mass is 9.85. The van der Waals surface area contributed by atoms with E-state index in [1.54, 1.807) is 44.5 Å². The first kappa shape index (κ1) is 28.5. The molecule has 220 valence electrons. The summed E-state index contributed by atoms with van der Waals surface area (Å²) in [6, 6.07) is 12.6. The molecule has 2 fully saturated rings. The largest absolute Gasteiger partial charge is 0.493 e. The molecule has 0 saturated carbocycles. The number of carbonyl (C=O) groups excluding carboxylic acids is 1. The van der Waals surface area contributed by atoms with E-state index in [4.69, 9.17) is 35.1 Å². The van der Waals surface area contributed by atoms with Crippen molar-refractivity contribution in [1.82, 2.24) is 15.0 Å². The van der Waals surface area contributed by atoms with Crippen molar-refractivity contribution in [2.75, 3.05) is 46.6 Å². The molecule has 10 heteroatoms. The number of rotatable bonds is 12. The number of ether oxygens (including phenoxy) is 4. The van der Waals surface area contributed by atoms with E-state index in [9.17, 15) is 4.79 Å². The van der Waals surface area contributed by atoms with E-state index < -0.39 is 0 Å². The Bertz CT molecular complexity index is 1580. The maximum atomic E-state index is 12.5. The van der Waals surface area contributed by atoms with Gasteiger partial charge >= 0.3 is 0 Å². The smallest absolute Gasteiger partial charge is 0.163 e. The molecule has 0 atom stereocenters. The third kappa shape index (κ3) is 6.38. The first-order valence-electron chi connectivity index (χ1n) is 14.2. The van der Waals surface area contributed by atoms with Gasteiger partial charge in [0, 0.05) is 53.7 Å². The maximum absolute atomic E-state index is 12.5. The first-order chi connectivity index (χ1) is 20.4. The van der Waals surface area contributed by atoms with Gasteiger partial charge in [0.25, 0.3) is 0 Å². The van der Waals surface area contributed by atoms with Gasteiger partial charge in [-0.3, -0.25) is 9.78 Å². The number of likely N-dealkylation sites (tertiary alicyclic amines) is 1. The number of ketones is 1. The molecule has 0 N–H and O–H groups in total. The summed E-state index contributed by atoms with van der Waals surface area (Å²) in [4.78, 5) is 19.6. The third-order valence-corrected chi connectivity index (χ3v) is 8.24. The lowest BCUT2D eigenvalue weighted by Gasteiger charge is -2.37. The van der Waals surface area contributed by atoms with Gasteiger partial charge in [0.1, 0.15) is 23.0 Å². The second kappa shape index (κ2) is 12.3. The Morgan fingerprint density at radius 3 is 2.69 bits per heavy atom. The van der Waals surface area contributed by atoms with Gasteiger partial charge in [-0.05, 0) is 56.1 Å². The van der Waals surface area contributed by atoms with Gasteiger partial charge < -0.3 is 28.4 Å². The molecule has 2 aromatic heterocycles. The van der Waals surface area contributed by atoms with Crippen LogP contribution in [0, 0.1) is 12.3 Å². The number of fused-ring (bicyclic) bond motifs is 1. The second-order valence-corrected chi connectivity index (χ2v) is 11.6.